The van der Waals surface area contributed by atoms with Gasteiger partial charge in [0.15, 0.2) is 5.82 Å². The van der Waals surface area contributed by atoms with Gasteiger partial charge in [0.25, 0.3) is 0 Å². The van der Waals surface area contributed by atoms with Crippen molar-refractivity contribution in [3.63, 3.8) is 0 Å². The highest BCUT2D eigenvalue weighted by molar-refractivity contribution is 5.95. The third-order valence-electron chi connectivity index (χ3n) is 5.39. The Labute approximate surface area is 156 Å². The van der Waals surface area contributed by atoms with E-state index in [1.165, 1.54) is 0 Å². The topological polar surface area (TPSA) is 83.6 Å². The molecule has 6 nitrogen and oxygen atoms in total. The third kappa shape index (κ3) is 2.73. The van der Waals surface area contributed by atoms with Crippen LogP contribution in [0.25, 0.3) is 6.08 Å². The minimum atomic E-state index is -0.401. The Balaban J connectivity index is 1.56. The summed E-state index contributed by atoms with van der Waals surface area (Å²) in [6, 6.07) is 12.3. The Hall–Kier alpha value is -3.28. The first kappa shape index (κ1) is 15.9. The maximum atomic E-state index is 12.1. The van der Waals surface area contributed by atoms with E-state index in [1.807, 2.05) is 30.3 Å². The number of aromatic nitrogens is 4. The summed E-state index contributed by atoms with van der Waals surface area (Å²) in [5.41, 5.74) is 3.63. The average Bonchev–Trinajstić information content (AvgIpc) is 3.52. The van der Waals surface area contributed by atoms with Crippen molar-refractivity contribution >= 4 is 17.8 Å². The summed E-state index contributed by atoms with van der Waals surface area (Å²) in [7, 11) is 0. The van der Waals surface area contributed by atoms with Gasteiger partial charge in [-0.05, 0) is 24.5 Å². The second-order valence-corrected chi connectivity index (χ2v) is 7.17. The second kappa shape index (κ2) is 6.16. The van der Waals surface area contributed by atoms with Gasteiger partial charge < -0.3 is 5.32 Å². The quantitative estimate of drug-likeness (QED) is 0.751. The molecule has 5 rings (SSSR count). The molecule has 2 heterocycles. The molecule has 1 fully saturated rings. The first-order chi connectivity index (χ1) is 13.3. The fraction of sp³-hybridized carbons (Fsp3) is 0.238. The molecule has 0 radical (unpaired) electrons. The summed E-state index contributed by atoms with van der Waals surface area (Å²) in [5, 5.41) is 10.4. The molecule has 2 aliphatic rings. The van der Waals surface area contributed by atoms with Gasteiger partial charge in [0.1, 0.15) is 6.33 Å². The molecule has 134 valence electrons. The number of hydrogen-bond acceptors (Lipinski definition) is 4. The molecule has 2 aliphatic carbocycles. The van der Waals surface area contributed by atoms with Gasteiger partial charge in [0.05, 0.1) is 11.1 Å². The molecule has 2 aromatic heterocycles. The van der Waals surface area contributed by atoms with Crippen LogP contribution in [0.5, 0.6) is 0 Å². The summed E-state index contributed by atoms with van der Waals surface area (Å²) in [4.78, 5) is 20.7. The SMILES string of the molecule is O=C(Nc1n[nH]c2c1C=CC(c1ccccc1)(c1ccncn1)C2)C1CC1. The minimum absolute atomic E-state index is 0.0633. The molecular weight excluding hydrogens is 338 g/mol. The van der Waals surface area contributed by atoms with Crippen LogP contribution < -0.4 is 5.32 Å². The van der Waals surface area contributed by atoms with Crippen molar-refractivity contribution in [3.05, 3.63) is 77.5 Å². The number of fused-ring (bicyclic) bond motifs is 1. The second-order valence-electron chi connectivity index (χ2n) is 7.17. The summed E-state index contributed by atoms with van der Waals surface area (Å²) in [6.45, 7) is 0. The van der Waals surface area contributed by atoms with Crippen LogP contribution in [-0.4, -0.2) is 26.1 Å². The Morgan fingerprint density at radius 3 is 2.78 bits per heavy atom. The number of benzene rings is 1. The Morgan fingerprint density at radius 2 is 2.04 bits per heavy atom. The van der Waals surface area contributed by atoms with Gasteiger partial charge in [-0.15, -0.1) is 0 Å². The smallest absolute Gasteiger partial charge is 0.228 e. The lowest BCUT2D eigenvalue weighted by molar-refractivity contribution is -0.117. The number of nitrogens with zero attached hydrogens (tertiary/aromatic N) is 3. The summed E-state index contributed by atoms with van der Waals surface area (Å²) in [6.07, 6.45) is 10.2. The number of hydrogen-bond donors (Lipinski definition) is 2. The molecule has 1 amide bonds. The van der Waals surface area contributed by atoms with Crippen molar-refractivity contribution in [2.45, 2.75) is 24.7 Å². The van der Waals surface area contributed by atoms with Crippen molar-refractivity contribution < 1.29 is 4.79 Å². The van der Waals surface area contributed by atoms with Crippen molar-refractivity contribution in [3.8, 4) is 0 Å². The van der Waals surface area contributed by atoms with Crippen LogP contribution in [0.15, 0.2) is 55.0 Å². The van der Waals surface area contributed by atoms with Crippen LogP contribution in [0.3, 0.4) is 0 Å². The predicted octanol–water partition coefficient (Wildman–Crippen LogP) is 3.10. The zero-order valence-electron chi connectivity index (χ0n) is 14.7. The van der Waals surface area contributed by atoms with Crippen molar-refractivity contribution in [1.82, 2.24) is 20.2 Å². The highest BCUT2D eigenvalue weighted by atomic mass is 16.2. The van der Waals surface area contributed by atoms with E-state index in [0.717, 1.165) is 35.4 Å². The third-order valence-corrected chi connectivity index (χ3v) is 5.39. The lowest BCUT2D eigenvalue weighted by atomic mass is 9.71. The van der Waals surface area contributed by atoms with E-state index >= 15 is 0 Å². The van der Waals surface area contributed by atoms with E-state index in [9.17, 15) is 4.79 Å². The summed E-state index contributed by atoms with van der Waals surface area (Å²) < 4.78 is 0. The molecule has 0 saturated heterocycles. The predicted molar refractivity (Wildman–Crippen MR) is 102 cm³/mol. The minimum Gasteiger partial charge on any atom is -0.308 e. The fourth-order valence-electron chi connectivity index (χ4n) is 3.74. The van der Waals surface area contributed by atoms with Gasteiger partial charge >= 0.3 is 0 Å². The number of aromatic amines is 1. The van der Waals surface area contributed by atoms with Crippen LogP contribution in [0.2, 0.25) is 0 Å². The van der Waals surface area contributed by atoms with E-state index in [1.54, 1.807) is 12.5 Å². The average molecular weight is 357 g/mol. The van der Waals surface area contributed by atoms with E-state index in [-0.39, 0.29) is 11.8 Å². The molecule has 27 heavy (non-hydrogen) atoms. The normalized spacial score (nSPS) is 20.9. The lowest BCUT2D eigenvalue weighted by Crippen LogP contribution is -2.31. The van der Waals surface area contributed by atoms with Crippen LogP contribution in [-0.2, 0) is 16.6 Å². The van der Waals surface area contributed by atoms with E-state index in [0.29, 0.717) is 12.2 Å². The van der Waals surface area contributed by atoms with E-state index in [2.05, 4.69) is 43.7 Å². The van der Waals surface area contributed by atoms with E-state index in [4.69, 9.17) is 0 Å². The zero-order valence-corrected chi connectivity index (χ0v) is 14.7. The van der Waals surface area contributed by atoms with Crippen molar-refractivity contribution in [1.29, 1.82) is 0 Å². The number of amides is 1. The van der Waals surface area contributed by atoms with Gasteiger partial charge in [-0.1, -0.05) is 42.5 Å². The van der Waals surface area contributed by atoms with Crippen LogP contribution in [0, 0.1) is 5.92 Å². The fourth-order valence-corrected chi connectivity index (χ4v) is 3.74. The summed E-state index contributed by atoms with van der Waals surface area (Å²) in [5.74, 6) is 0.824. The zero-order chi connectivity index (χ0) is 18.3. The molecule has 0 spiro atoms. The monoisotopic (exact) mass is 357 g/mol. The number of H-pyrrole nitrogens is 1. The Bertz CT molecular complexity index is 966. The standard InChI is InChI=1S/C21H19N5O/c27-20(14-6-7-14)24-19-16-8-10-21(12-17(16)25-26-19,15-4-2-1-3-5-15)18-9-11-22-13-23-18/h1-5,8-11,13-14H,6-7,12H2,(H2,24,25,26,27). The molecule has 0 bridgehead atoms. The first-order valence-corrected chi connectivity index (χ1v) is 9.16. The number of allylic oxidation sites excluding steroid dienone is 1. The molecule has 2 N–H and O–H groups in total. The van der Waals surface area contributed by atoms with Crippen LogP contribution in [0.1, 0.15) is 35.4 Å². The van der Waals surface area contributed by atoms with Gasteiger partial charge in [0.2, 0.25) is 5.91 Å². The van der Waals surface area contributed by atoms with Crippen LogP contribution >= 0.6 is 0 Å². The molecule has 1 aromatic carbocycles. The lowest BCUT2D eigenvalue weighted by Gasteiger charge is -2.33. The molecule has 1 atom stereocenters. The molecule has 1 unspecified atom stereocenters. The van der Waals surface area contributed by atoms with Gasteiger partial charge in [0, 0.05) is 29.8 Å². The van der Waals surface area contributed by atoms with Gasteiger partial charge in [-0.2, -0.15) is 5.10 Å². The largest absolute Gasteiger partial charge is 0.308 e. The molecule has 0 aliphatic heterocycles. The van der Waals surface area contributed by atoms with Gasteiger partial charge in [-0.25, -0.2) is 9.97 Å². The molecule has 1 saturated carbocycles. The highest BCUT2D eigenvalue weighted by Gasteiger charge is 2.38. The molecule has 6 heteroatoms. The first-order valence-electron chi connectivity index (χ1n) is 9.16. The number of carbonyl (C=O) groups is 1. The van der Waals surface area contributed by atoms with Crippen LogP contribution in [0.4, 0.5) is 5.82 Å². The molecule has 3 aromatic rings. The van der Waals surface area contributed by atoms with Crippen molar-refractivity contribution in [2.24, 2.45) is 5.92 Å². The Morgan fingerprint density at radius 1 is 1.19 bits per heavy atom. The maximum absolute atomic E-state index is 12.1. The highest BCUT2D eigenvalue weighted by Crippen LogP contribution is 2.41. The number of rotatable bonds is 4. The van der Waals surface area contributed by atoms with E-state index < -0.39 is 5.41 Å². The number of anilines is 1. The maximum Gasteiger partial charge on any atom is 0.228 e. The Kier molecular flexibility index (Phi) is 3.63. The number of carbonyl (C=O) groups excluding carboxylic acids is 1. The molecular formula is C21H19N5O. The van der Waals surface area contributed by atoms with Crippen molar-refractivity contribution in [2.75, 3.05) is 5.32 Å². The van der Waals surface area contributed by atoms with Gasteiger partial charge in [-0.3, -0.25) is 9.89 Å². The summed E-state index contributed by atoms with van der Waals surface area (Å²) >= 11 is 0. The number of nitrogens with one attached hydrogen (secondary N) is 2.